The van der Waals surface area contributed by atoms with Crippen LogP contribution < -0.4 is 5.73 Å². The van der Waals surface area contributed by atoms with Crippen molar-refractivity contribution in [2.24, 2.45) is 5.73 Å². The van der Waals surface area contributed by atoms with E-state index >= 15 is 0 Å². The Bertz CT molecular complexity index is 419. The van der Waals surface area contributed by atoms with Crippen molar-refractivity contribution in [3.05, 3.63) is 35.4 Å². The third kappa shape index (κ3) is 2.83. The zero-order valence-electron chi connectivity index (χ0n) is 9.96. The summed E-state index contributed by atoms with van der Waals surface area (Å²) in [4.78, 5) is 0. The van der Waals surface area contributed by atoms with Crippen LogP contribution in [-0.4, -0.2) is 17.8 Å². The summed E-state index contributed by atoms with van der Waals surface area (Å²) in [6, 6.07) is 7.96. The van der Waals surface area contributed by atoms with E-state index in [0.29, 0.717) is 13.0 Å². The second kappa shape index (κ2) is 5.13. The standard InChI is InChI=1S/C13H16F3NS/c14-13(15,16)18-8-7-12(9-17)6-5-10-3-1-2-4-11(10)12/h1-4H,5-9,17H2. The second-order valence-electron chi connectivity index (χ2n) is 4.69. The minimum atomic E-state index is -4.14. The van der Waals surface area contributed by atoms with Gasteiger partial charge in [-0.05, 0) is 30.4 Å². The van der Waals surface area contributed by atoms with Gasteiger partial charge in [-0.2, -0.15) is 13.2 Å². The molecule has 2 N–H and O–H groups in total. The smallest absolute Gasteiger partial charge is 0.330 e. The maximum Gasteiger partial charge on any atom is 0.441 e. The van der Waals surface area contributed by atoms with E-state index in [0.717, 1.165) is 18.4 Å². The molecule has 18 heavy (non-hydrogen) atoms. The number of alkyl halides is 3. The van der Waals surface area contributed by atoms with Crippen molar-refractivity contribution in [1.29, 1.82) is 0 Å². The first-order chi connectivity index (χ1) is 8.47. The van der Waals surface area contributed by atoms with Gasteiger partial charge in [-0.3, -0.25) is 0 Å². The lowest BCUT2D eigenvalue weighted by atomic mass is 9.79. The molecule has 0 amide bonds. The van der Waals surface area contributed by atoms with Gasteiger partial charge in [0.15, 0.2) is 0 Å². The largest absolute Gasteiger partial charge is 0.441 e. The molecule has 1 aliphatic carbocycles. The predicted molar refractivity (Wildman–Crippen MR) is 68.6 cm³/mol. The Morgan fingerprint density at radius 3 is 2.67 bits per heavy atom. The summed E-state index contributed by atoms with van der Waals surface area (Å²) in [5.41, 5.74) is 3.83. The van der Waals surface area contributed by atoms with E-state index < -0.39 is 5.51 Å². The van der Waals surface area contributed by atoms with Crippen molar-refractivity contribution in [1.82, 2.24) is 0 Å². The van der Waals surface area contributed by atoms with E-state index in [1.807, 2.05) is 24.3 Å². The number of thioether (sulfide) groups is 1. The third-order valence-electron chi connectivity index (χ3n) is 3.70. The molecule has 0 fully saturated rings. The van der Waals surface area contributed by atoms with Gasteiger partial charge in [0.2, 0.25) is 0 Å². The number of aryl methyl sites for hydroxylation is 1. The quantitative estimate of drug-likeness (QED) is 0.910. The van der Waals surface area contributed by atoms with Crippen LogP contribution in [0.15, 0.2) is 24.3 Å². The number of rotatable bonds is 4. The molecule has 2 rings (SSSR count). The van der Waals surface area contributed by atoms with E-state index in [2.05, 4.69) is 0 Å². The van der Waals surface area contributed by atoms with Gasteiger partial charge in [0, 0.05) is 17.7 Å². The minimum absolute atomic E-state index is 0.0534. The monoisotopic (exact) mass is 275 g/mol. The van der Waals surface area contributed by atoms with Gasteiger partial charge < -0.3 is 5.73 Å². The molecule has 0 spiro atoms. The normalized spacial score (nSPS) is 23.1. The zero-order valence-corrected chi connectivity index (χ0v) is 10.8. The highest BCUT2D eigenvalue weighted by molar-refractivity contribution is 8.00. The summed E-state index contributed by atoms with van der Waals surface area (Å²) in [7, 11) is 0. The van der Waals surface area contributed by atoms with E-state index in [1.165, 1.54) is 5.56 Å². The summed E-state index contributed by atoms with van der Waals surface area (Å²) < 4.78 is 36.6. The van der Waals surface area contributed by atoms with E-state index in [-0.39, 0.29) is 22.9 Å². The Hall–Kier alpha value is -0.680. The maximum atomic E-state index is 12.2. The van der Waals surface area contributed by atoms with Gasteiger partial charge >= 0.3 is 5.51 Å². The molecule has 0 radical (unpaired) electrons. The summed E-state index contributed by atoms with van der Waals surface area (Å²) in [5, 5.41) is 0. The fourth-order valence-corrected chi connectivity index (χ4v) is 3.42. The number of benzene rings is 1. The molecular formula is C13H16F3NS. The SMILES string of the molecule is NCC1(CCSC(F)(F)F)CCc2ccccc21. The molecule has 0 bridgehead atoms. The van der Waals surface area contributed by atoms with Gasteiger partial charge in [-0.15, -0.1) is 0 Å². The van der Waals surface area contributed by atoms with Crippen molar-refractivity contribution >= 4 is 11.8 Å². The van der Waals surface area contributed by atoms with Crippen LogP contribution in [-0.2, 0) is 11.8 Å². The van der Waals surface area contributed by atoms with E-state index in [1.54, 1.807) is 0 Å². The van der Waals surface area contributed by atoms with Gasteiger partial charge in [0.25, 0.3) is 0 Å². The summed E-state index contributed by atoms with van der Waals surface area (Å²) in [6.45, 7) is 0.419. The highest BCUT2D eigenvalue weighted by Crippen LogP contribution is 2.43. The Balaban J connectivity index is 2.09. The van der Waals surface area contributed by atoms with Crippen molar-refractivity contribution in [3.8, 4) is 0 Å². The minimum Gasteiger partial charge on any atom is -0.330 e. The molecule has 5 heteroatoms. The molecule has 1 unspecified atom stereocenters. The van der Waals surface area contributed by atoms with Crippen LogP contribution in [0.4, 0.5) is 13.2 Å². The first-order valence-corrected chi connectivity index (χ1v) is 6.95. The van der Waals surface area contributed by atoms with Crippen LogP contribution in [0, 0.1) is 0 Å². The fraction of sp³-hybridized carbons (Fsp3) is 0.538. The topological polar surface area (TPSA) is 26.0 Å². The molecule has 0 saturated heterocycles. The molecule has 0 saturated carbocycles. The molecular weight excluding hydrogens is 259 g/mol. The lowest BCUT2D eigenvalue weighted by Crippen LogP contribution is -2.33. The van der Waals surface area contributed by atoms with Crippen LogP contribution >= 0.6 is 11.8 Å². The van der Waals surface area contributed by atoms with Crippen LogP contribution in [0.2, 0.25) is 0 Å². The van der Waals surface area contributed by atoms with E-state index in [4.69, 9.17) is 5.73 Å². The maximum absolute atomic E-state index is 12.2. The predicted octanol–water partition coefficient (Wildman–Crippen LogP) is 3.47. The van der Waals surface area contributed by atoms with E-state index in [9.17, 15) is 13.2 Å². The third-order valence-corrected chi connectivity index (χ3v) is 4.43. The van der Waals surface area contributed by atoms with Gasteiger partial charge in [0.1, 0.15) is 0 Å². The average Bonchev–Trinajstić information content (AvgIpc) is 2.68. The van der Waals surface area contributed by atoms with Crippen molar-refractivity contribution in [2.45, 2.75) is 30.2 Å². The highest BCUT2D eigenvalue weighted by atomic mass is 32.2. The lowest BCUT2D eigenvalue weighted by Gasteiger charge is -2.29. The number of hydrogen-bond acceptors (Lipinski definition) is 2. The Morgan fingerprint density at radius 1 is 1.28 bits per heavy atom. The summed E-state index contributed by atoms with van der Waals surface area (Å²) in [5.74, 6) is 0.0784. The molecule has 1 nitrogen and oxygen atoms in total. The zero-order chi connectivity index (χ0) is 13.2. The lowest BCUT2D eigenvalue weighted by molar-refractivity contribution is -0.0328. The second-order valence-corrected chi connectivity index (χ2v) is 5.85. The Labute approximate surface area is 109 Å². The van der Waals surface area contributed by atoms with Crippen LogP contribution in [0.1, 0.15) is 24.0 Å². The molecule has 1 aromatic carbocycles. The first kappa shape index (κ1) is 13.7. The van der Waals surface area contributed by atoms with Crippen molar-refractivity contribution in [3.63, 3.8) is 0 Å². The summed E-state index contributed by atoms with van der Waals surface area (Å²) in [6.07, 6.45) is 2.27. The van der Waals surface area contributed by atoms with Gasteiger partial charge in [-0.1, -0.05) is 36.0 Å². The molecule has 100 valence electrons. The molecule has 0 heterocycles. The van der Waals surface area contributed by atoms with Crippen molar-refractivity contribution in [2.75, 3.05) is 12.3 Å². The van der Waals surface area contributed by atoms with Gasteiger partial charge in [-0.25, -0.2) is 0 Å². The number of fused-ring (bicyclic) bond motifs is 1. The average molecular weight is 275 g/mol. The van der Waals surface area contributed by atoms with Crippen LogP contribution in [0.5, 0.6) is 0 Å². The van der Waals surface area contributed by atoms with Crippen molar-refractivity contribution < 1.29 is 13.2 Å². The molecule has 1 aliphatic rings. The van der Waals surface area contributed by atoms with Crippen LogP contribution in [0.3, 0.4) is 0 Å². The molecule has 0 aromatic heterocycles. The van der Waals surface area contributed by atoms with Gasteiger partial charge in [0.05, 0.1) is 0 Å². The summed E-state index contributed by atoms with van der Waals surface area (Å²) >= 11 is 0.0534. The Kier molecular flexibility index (Phi) is 3.92. The number of halogens is 3. The Morgan fingerprint density at radius 2 is 2.00 bits per heavy atom. The fourth-order valence-electron chi connectivity index (χ4n) is 2.70. The number of nitrogens with two attached hydrogens (primary N) is 1. The number of hydrogen-bond donors (Lipinski definition) is 1. The molecule has 1 atom stereocenters. The first-order valence-electron chi connectivity index (χ1n) is 5.96. The molecule has 1 aromatic rings. The van der Waals surface area contributed by atoms with Crippen LogP contribution in [0.25, 0.3) is 0 Å². The molecule has 0 aliphatic heterocycles. The highest BCUT2D eigenvalue weighted by Gasteiger charge is 2.38.